The topological polar surface area (TPSA) is 12.5 Å². The molecule has 1 aliphatic heterocycles. The number of ether oxygens (including phenoxy) is 1. The van der Waals surface area contributed by atoms with Crippen LogP contribution in [0.2, 0.25) is 0 Å². The lowest BCUT2D eigenvalue weighted by molar-refractivity contribution is 0.372. The van der Waals surface area contributed by atoms with E-state index in [-0.39, 0.29) is 0 Å². The Labute approximate surface area is 107 Å². The maximum absolute atomic E-state index is 5.51. The van der Waals surface area contributed by atoms with E-state index in [0.717, 1.165) is 12.8 Å². The molecule has 1 fully saturated rings. The van der Waals surface area contributed by atoms with Crippen LogP contribution in [0.5, 0.6) is 0 Å². The standard InChI is InChI=1S/C16H28O/c1-3-5-6-7-8-9-10-11-12-14-16-15(17-16)13-4-2/h4,11-12,15-16H,2-3,5-10,13-14H2,1H3/b12-11-. The van der Waals surface area contributed by atoms with E-state index in [2.05, 4.69) is 25.7 Å². The Balaban J connectivity index is 1.82. The SMILES string of the molecule is C=CCC1OC1C/C=C\CCCCCCCC. The van der Waals surface area contributed by atoms with Crippen molar-refractivity contribution in [2.24, 2.45) is 0 Å². The number of epoxide rings is 1. The first-order valence-corrected chi connectivity index (χ1v) is 7.29. The summed E-state index contributed by atoms with van der Waals surface area (Å²) in [5.41, 5.74) is 0. The van der Waals surface area contributed by atoms with Crippen molar-refractivity contribution in [1.82, 2.24) is 0 Å². The summed E-state index contributed by atoms with van der Waals surface area (Å²) < 4.78 is 5.51. The highest BCUT2D eigenvalue weighted by Crippen LogP contribution is 2.28. The quantitative estimate of drug-likeness (QED) is 0.278. The van der Waals surface area contributed by atoms with Gasteiger partial charge in [0, 0.05) is 0 Å². The lowest BCUT2D eigenvalue weighted by Gasteiger charge is -1.97. The average molecular weight is 236 g/mol. The predicted molar refractivity (Wildman–Crippen MR) is 75.2 cm³/mol. The van der Waals surface area contributed by atoms with Crippen LogP contribution in [-0.4, -0.2) is 12.2 Å². The molecule has 2 atom stereocenters. The molecule has 0 spiro atoms. The predicted octanol–water partition coefficient (Wildman–Crippen LogP) is 5.03. The molecule has 1 saturated heterocycles. The van der Waals surface area contributed by atoms with Crippen molar-refractivity contribution in [3.63, 3.8) is 0 Å². The minimum Gasteiger partial charge on any atom is -0.369 e. The maximum atomic E-state index is 5.51. The van der Waals surface area contributed by atoms with E-state index in [9.17, 15) is 0 Å². The number of unbranched alkanes of at least 4 members (excludes halogenated alkanes) is 6. The fourth-order valence-electron chi connectivity index (χ4n) is 2.15. The van der Waals surface area contributed by atoms with Crippen LogP contribution in [0.25, 0.3) is 0 Å². The second-order valence-corrected chi connectivity index (χ2v) is 5.00. The molecule has 98 valence electrons. The number of hydrogen-bond donors (Lipinski definition) is 0. The van der Waals surface area contributed by atoms with Crippen molar-refractivity contribution in [3.05, 3.63) is 24.8 Å². The van der Waals surface area contributed by atoms with Gasteiger partial charge in [-0.25, -0.2) is 0 Å². The van der Waals surface area contributed by atoms with E-state index < -0.39 is 0 Å². The molecule has 1 aliphatic rings. The lowest BCUT2D eigenvalue weighted by atomic mass is 10.1. The number of rotatable bonds is 11. The Bertz CT molecular complexity index is 220. The second-order valence-electron chi connectivity index (χ2n) is 5.00. The van der Waals surface area contributed by atoms with E-state index in [4.69, 9.17) is 4.74 Å². The number of hydrogen-bond acceptors (Lipinski definition) is 1. The molecule has 0 aromatic carbocycles. The van der Waals surface area contributed by atoms with E-state index in [0.29, 0.717) is 12.2 Å². The van der Waals surface area contributed by atoms with Gasteiger partial charge < -0.3 is 4.74 Å². The molecule has 0 bridgehead atoms. The molecule has 0 saturated carbocycles. The zero-order chi connectivity index (χ0) is 12.3. The molecular formula is C16H28O. The molecule has 1 nitrogen and oxygen atoms in total. The van der Waals surface area contributed by atoms with Gasteiger partial charge in [0.25, 0.3) is 0 Å². The van der Waals surface area contributed by atoms with Crippen molar-refractivity contribution in [1.29, 1.82) is 0 Å². The highest BCUT2D eigenvalue weighted by atomic mass is 16.6. The molecule has 0 aromatic heterocycles. The highest BCUT2D eigenvalue weighted by Gasteiger charge is 2.35. The average Bonchev–Trinajstić information content (AvgIpc) is 3.06. The van der Waals surface area contributed by atoms with Crippen molar-refractivity contribution in [3.8, 4) is 0 Å². The van der Waals surface area contributed by atoms with Crippen LogP contribution in [0.1, 0.15) is 64.7 Å². The van der Waals surface area contributed by atoms with Gasteiger partial charge in [0.2, 0.25) is 0 Å². The van der Waals surface area contributed by atoms with Crippen LogP contribution in [0.3, 0.4) is 0 Å². The van der Waals surface area contributed by atoms with E-state index in [1.165, 1.54) is 44.9 Å². The van der Waals surface area contributed by atoms with Gasteiger partial charge in [-0.05, 0) is 25.7 Å². The Morgan fingerprint density at radius 3 is 2.41 bits per heavy atom. The molecule has 1 rings (SSSR count). The van der Waals surface area contributed by atoms with Crippen molar-refractivity contribution in [2.75, 3.05) is 0 Å². The van der Waals surface area contributed by atoms with Crippen LogP contribution in [0.15, 0.2) is 24.8 Å². The van der Waals surface area contributed by atoms with Gasteiger partial charge in [0.05, 0.1) is 12.2 Å². The first-order chi connectivity index (χ1) is 8.38. The van der Waals surface area contributed by atoms with Crippen molar-refractivity contribution < 1.29 is 4.74 Å². The second kappa shape index (κ2) is 9.47. The lowest BCUT2D eigenvalue weighted by Crippen LogP contribution is -1.89. The van der Waals surface area contributed by atoms with Gasteiger partial charge in [-0.15, -0.1) is 6.58 Å². The Morgan fingerprint density at radius 2 is 1.65 bits per heavy atom. The monoisotopic (exact) mass is 236 g/mol. The van der Waals surface area contributed by atoms with Crippen molar-refractivity contribution in [2.45, 2.75) is 76.9 Å². The summed E-state index contributed by atoms with van der Waals surface area (Å²) in [6.07, 6.45) is 19.2. The van der Waals surface area contributed by atoms with Crippen molar-refractivity contribution >= 4 is 0 Å². The van der Waals surface area contributed by atoms with Gasteiger partial charge >= 0.3 is 0 Å². The zero-order valence-electron chi connectivity index (χ0n) is 11.4. The molecule has 1 heteroatoms. The normalized spacial score (nSPS) is 23.1. The van der Waals surface area contributed by atoms with Crippen LogP contribution in [0, 0.1) is 0 Å². The van der Waals surface area contributed by atoms with Gasteiger partial charge in [0.1, 0.15) is 0 Å². The molecule has 0 aliphatic carbocycles. The number of allylic oxidation sites excluding steroid dienone is 1. The van der Waals surface area contributed by atoms with Crippen LogP contribution in [0.4, 0.5) is 0 Å². The third-order valence-corrected chi connectivity index (χ3v) is 3.35. The summed E-state index contributed by atoms with van der Waals surface area (Å²) in [6.45, 7) is 5.99. The maximum Gasteiger partial charge on any atom is 0.0879 e. The van der Waals surface area contributed by atoms with Gasteiger partial charge in [-0.1, -0.05) is 57.3 Å². The fraction of sp³-hybridized carbons (Fsp3) is 0.750. The van der Waals surface area contributed by atoms with E-state index >= 15 is 0 Å². The van der Waals surface area contributed by atoms with E-state index in [1.807, 2.05) is 6.08 Å². The minimum absolute atomic E-state index is 0.464. The van der Waals surface area contributed by atoms with Crippen LogP contribution >= 0.6 is 0 Å². The summed E-state index contributed by atoms with van der Waals surface area (Å²) in [5, 5.41) is 0. The van der Waals surface area contributed by atoms with Crippen LogP contribution < -0.4 is 0 Å². The summed E-state index contributed by atoms with van der Waals surface area (Å²) in [4.78, 5) is 0. The molecule has 0 N–H and O–H groups in total. The summed E-state index contributed by atoms with van der Waals surface area (Å²) in [7, 11) is 0. The van der Waals surface area contributed by atoms with Gasteiger partial charge in [0.15, 0.2) is 0 Å². The molecule has 0 aromatic rings. The van der Waals surface area contributed by atoms with E-state index in [1.54, 1.807) is 0 Å². The zero-order valence-corrected chi connectivity index (χ0v) is 11.4. The smallest absolute Gasteiger partial charge is 0.0879 e. The molecule has 17 heavy (non-hydrogen) atoms. The fourth-order valence-corrected chi connectivity index (χ4v) is 2.15. The van der Waals surface area contributed by atoms with Gasteiger partial charge in [-0.2, -0.15) is 0 Å². The first kappa shape index (κ1) is 14.5. The Morgan fingerprint density at radius 1 is 0.941 bits per heavy atom. The molecule has 0 radical (unpaired) electrons. The molecule has 2 unspecified atom stereocenters. The van der Waals surface area contributed by atoms with Gasteiger partial charge in [-0.3, -0.25) is 0 Å². The first-order valence-electron chi connectivity index (χ1n) is 7.29. The Kier molecular flexibility index (Phi) is 8.08. The minimum atomic E-state index is 0.464. The molecule has 1 heterocycles. The highest BCUT2D eigenvalue weighted by molar-refractivity contribution is 4.96. The third kappa shape index (κ3) is 7.38. The Hall–Kier alpha value is -0.560. The largest absolute Gasteiger partial charge is 0.369 e. The summed E-state index contributed by atoms with van der Waals surface area (Å²) >= 11 is 0. The third-order valence-electron chi connectivity index (χ3n) is 3.35. The summed E-state index contributed by atoms with van der Waals surface area (Å²) in [6, 6.07) is 0. The van der Waals surface area contributed by atoms with Crippen LogP contribution in [-0.2, 0) is 4.74 Å². The summed E-state index contributed by atoms with van der Waals surface area (Å²) in [5.74, 6) is 0. The molecular weight excluding hydrogens is 208 g/mol. The molecule has 0 amide bonds.